The van der Waals surface area contributed by atoms with E-state index in [9.17, 15) is 24.6 Å². The number of nitrogens with zero attached hydrogens (tertiary/aromatic N) is 1. The Hall–Kier alpha value is -3.19. The molecule has 1 saturated heterocycles. The SMILES string of the molecule is O=C(O)C1NC(=O)[N+](Cc2ccccc2)(Cc2ccccc2)C1C(=O)O. The van der Waals surface area contributed by atoms with E-state index in [1.54, 1.807) is 48.5 Å². The Morgan fingerprint density at radius 2 is 1.31 bits per heavy atom. The van der Waals surface area contributed by atoms with E-state index in [1.165, 1.54) is 0 Å². The number of carboxylic acids is 2. The standard InChI is InChI=1S/C19H18N2O5/c22-17(23)15-16(18(24)25)21(19(26)20-15,11-13-7-3-1-4-8-13)12-14-9-5-2-6-10-14/h1-10,15-16H,11-12H2,(H2-,20,22,23,24,25,26)/p+1. The van der Waals surface area contributed by atoms with Crippen LogP contribution >= 0.6 is 0 Å². The second-order valence-electron chi connectivity index (χ2n) is 6.37. The minimum absolute atomic E-state index is 0.0856. The van der Waals surface area contributed by atoms with Gasteiger partial charge in [0.05, 0.1) is 0 Å². The maximum absolute atomic E-state index is 12.9. The molecule has 2 aromatic carbocycles. The molecular formula is C19H19N2O5+. The van der Waals surface area contributed by atoms with Crippen LogP contribution < -0.4 is 5.32 Å². The normalized spacial score (nSPS) is 21.2. The second kappa shape index (κ2) is 6.97. The van der Waals surface area contributed by atoms with E-state index in [1.807, 2.05) is 12.1 Å². The number of aliphatic carboxylic acids is 2. The molecule has 2 unspecified atom stereocenters. The molecule has 7 nitrogen and oxygen atoms in total. The molecule has 7 heteroatoms. The Morgan fingerprint density at radius 3 is 1.69 bits per heavy atom. The van der Waals surface area contributed by atoms with E-state index in [0.29, 0.717) is 0 Å². The first-order chi connectivity index (χ1) is 12.4. The van der Waals surface area contributed by atoms with E-state index >= 15 is 0 Å². The van der Waals surface area contributed by atoms with Gasteiger partial charge < -0.3 is 10.2 Å². The zero-order valence-corrected chi connectivity index (χ0v) is 13.9. The Bertz CT molecular complexity index is 781. The van der Waals surface area contributed by atoms with Crippen LogP contribution in [0.1, 0.15) is 11.1 Å². The van der Waals surface area contributed by atoms with Crippen molar-refractivity contribution < 1.29 is 29.1 Å². The van der Waals surface area contributed by atoms with Crippen molar-refractivity contribution in [2.75, 3.05) is 0 Å². The van der Waals surface area contributed by atoms with Gasteiger partial charge in [-0.3, -0.25) is 5.32 Å². The van der Waals surface area contributed by atoms with Crippen LogP contribution in [0, 0.1) is 0 Å². The van der Waals surface area contributed by atoms with Gasteiger partial charge in [-0.2, -0.15) is 0 Å². The van der Waals surface area contributed by atoms with Crippen molar-refractivity contribution in [2.45, 2.75) is 25.2 Å². The predicted octanol–water partition coefficient (Wildman–Crippen LogP) is 1.83. The number of amides is 2. The summed E-state index contributed by atoms with van der Waals surface area (Å²) in [6.07, 6.45) is 0. The summed E-state index contributed by atoms with van der Waals surface area (Å²) in [5.74, 6) is -2.67. The lowest BCUT2D eigenvalue weighted by atomic mass is 10.0. The number of urea groups is 1. The van der Waals surface area contributed by atoms with Gasteiger partial charge >= 0.3 is 18.0 Å². The van der Waals surface area contributed by atoms with Crippen LogP contribution in [-0.4, -0.2) is 44.7 Å². The maximum Gasteiger partial charge on any atom is 0.418 e. The van der Waals surface area contributed by atoms with Crippen molar-refractivity contribution in [3.8, 4) is 0 Å². The molecule has 26 heavy (non-hydrogen) atoms. The Kier molecular flexibility index (Phi) is 4.73. The highest BCUT2D eigenvalue weighted by Crippen LogP contribution is 2.31. The lowest BCUT2D eigenvalue weighted by molar-refractivity contribution is -0.884. The molecule has 2 atom stereocenters. The fourth-order valence-electron chi connectivity index (χ4n) is 3.52. The van der Waals surface area contributed by atoms with Crippen molar-refractivity contribution in [2.24, 2.45) is 0 Å². The molecule has 0 saturated carbocycles. The first-order valence-corrected chi connectivity index (χ1v) is 8.15. The lowest BCUT2D eigenvalue weighted by Crippen LogP contribution is -2.59. The molecule has 134 valence electrons. The summed E-state index contributed by atoms with van der Waals surface area (Å²) in [5.41, 5.74) is 1.52. The largest absolute Gasteiger partial charge is 0.480 e. The minimum atomic E-state index is -1.48. The van der Waals surface area contributed by atoms with Gasteiger partial charge in [-0.05, 0) is 0 Å². The Labute approximate surface area is 150 Å². The van der Waals surface area contributed by atoms with E-state index in [2.05, 4.69) is 5.32 Å². The topological polar surface area (TPSA) is 104 Å². The maximum atomic E-state index is 12.9. The van der Waals surface area contributed by atoms with Crippen LogP contribution in [0.5, 0.6) is 0 Å². The van der Waals surface area contributed by atoms with Gasteiger partial charge in [-0.1, -0.05) is 60.7 Å². The van der Waals surface area contributed by atoms with E-state index in [0.717, 1.165) is 11.1 Å². The van der Waals surface area contributed by atoms with Gasteiger partial charge in [-0.25, -0.2) is 18.9 Å². The zero-order valence-electron chi connectivity index (χ0n) is 13.9. The molecule has 3 rings (SSSR count). The fourth-order valence-corrected chi connectivity index (χ4v) is 3.52. The second-order valence-corrected chi connectivity index (χ2v) is 6.37. The van der Waals surface area contributed by atoms with E-state index in [-0.39, 0.29) is 13.1 Å². The molecule has 1 aliphatic heterocycles. The molecule has 2 amide bonds. The van der Waals surface area contributed by atoms with Crippen LogP contribution in [0.2, 0.25) is 0 Å². The molecule has 1 heterocycles. The smallest absolute Gasteiger partial charge is 0.418 e. The van der Waals surface area contributed by atoms with Crippen LogP contribution in [0.15, 0.2) is 60.7 Å². The summed E-state index contributed by atoms with van der Waals surface area (Å²) < 4.78 is -0.527. The molecule has 0 radical (unpaired) electrons. The third-order valence-corrected chi connectivity index (χ3v) is 4.67. The van der Waals surface area contributed by atoms with Gasteiger partial charge in [0.25, 0.3) is 0 Å². The summed E-state index contributed by atoms with van der Waals surface area (Å²) in [6, 6.07) is 14.5. The van der Waals surface area contributed by atoms with Crippen molar-refractivity contribution in [1.82, 2.24) is 5.32 Å². The summed E-state index contributed by atoms with van der Waals surface area (Å²) in [5, 5.41) is 21.6. The number of rotatable bonds is 6. The average Bonchev–Trinajstić information content (AvgIpc) is 2.89. The van der Waals surface area contributed by atoms with Crippen LogP contribution in [0.4, 0.5) is 4.79 Å². The highest BCUT2D eigenvalue weighted by molar-refractivity contribution is 5.91. The van der Waals surface area contributed by atoms with Gasteiger partial charge in [0.15, 0.2) is 6.04 Å². The summed E-state index contributed by atoms with van der Waals surface area (Å²) >= 11 is 0. The first-order valence-electron chi connectivity index (χ1n) is 8.15. The quantitative estimate of drug-likeness (QED) is 0.686. The molecule has 2 aromatic rings. The molecule has 0 spiro atoms. The summed E-state index contributed by atoms with van der Waals surface area (Å²) in [6.45, 7) is 0.171. The third kappa shape index (κ3) is 3.16. The van der Waals surface area contributed by atoms with Crippen LogP contribution in [0.3, 0.4) is 0 Å². The van der Waals surface area contributed by atoms with Gasteiger partial charge in [0.2, 0.25) is 6.04 Å². The van der Waals surface area contributed by atoms with Crippen molar-refractivity contribution >= 4 is 18.0 Å². The molecule has 0 aromatic heterocycles. The number of benzene rings is 2. The number of quaternary nitrogens is 1. The predicted molar refractivity (Wildman–Crippen MR) is 91.9 cm³/mol. The summed E-state index contributed by atoms with van der Waals surface area (Å²) in [4.78, 5) is 36.4. The van der Waals surface area contributed by atoms with Crippen LogP contribution in [-0.2, 0) is 22.7 Å². The number of carboxylic acid groups (broad SMARTS) is 2. The molecular weight excluding hydrogens is 336 g/mol. The Balaban J connectivity index is 2.10. The minimum Gasteiger partial charge on any atom is -0.480 e. The van der Waals surface area contributed by atoms with E-state index in [4.69, 9.17) is 0 Å². The lowest BCUT2D eigenvalue weighted by Gasteiger charge is -2.34. The van der Waals surface area contributed by atoms with Gasteiger partial charge in [0.1, 0.15) is 13.1 Å². The number of carbonyl (C=O) groups excluding carboxylic acids is 1. The highest BCUT2D eigenvalue weighted by atomic mass is 16.4. The van der Waals surface area contributed by atoms with Gasteiger partial charge in [-0.15, -0.1) is 0 Å². The molecule has 1 aliphatic rings. The number of nitrogens with one attached hydrogen (secondary N) is 1. The highest BCUT2D eigenvalue weighted by Gasteiger charge is 2.61. The average molecular weight is 355 g/mol. The third-order valence-electron chi connectivity index (χ3n) is 4.67. The van der Waals surface area contributed by atoms with Gasteiger partial charge in [0, 0.05) is 11.1 Å². The Morgan fingerprint density at radius 1 is 0.846 bits per heavy atom. The zero-order chi connectivity index (χ0) is 18.7. The fraction of sp³-hybridized carbons (Fsp3) is 0.211. The van der Waals surface area contributed by atoms with Crippen LogP contribution in [0.25, 0.3) is 0 Å². The van der Waals surface area contributed by atoms with Crippen molar-refractivity contribution in [3.63, 3.8) is 0 Å². The molecule has 1 fully saturated rings. The van der Waals surface area contributed by atoms with Crippen molar-refractivity contribution in [1.29, 1.82) is 0 Å². The number of hydrogen-bond acceptors (Lipinski definition) is 3. The van der Waals surface area contributed by atoms with Crippen molar-refractivity contribution in [3.05, 3.63) is 71.8 Å². The monoisotopic (exact) mass is 355 g/mol. The first kappa shape index (κ1) is 17.6. The summed E-state index contributed by atoms with van der Waals surface area (Å²) in [7, 11) is 0. The number of carbonyl (C=O) groups is 3. The molecule has 3 N–H and O–H groups in total. The number of hydrogen-bond donors (Lipinski definition) is 3. The molecule has 0 aliphatic carbocycles. The molecule has 0 bridgehead atoms. The van der Waals surface area contributed by atoms with E-state index < -0.39 is 34.5 Å².